The largest absolute Gasteiger partial charge is 0.433 e. The van der Waals surface area contributed by atoms with Gasteiger partial charge in [-0.25, -0.2) is 4.68 Å². The molecule has 2 N–H and O–H groups in total. The van der Waals surface area contributed by atoms with E-state index in [4.69, 9.17) is 5.73 Å². The molecule has 2 aromatic carbocycles. The molecule has 0 spiro atoms. The van der Waals surface area contributed by atoms with Gasteiger partial charge >= 0.3 is 6.18 Å². The van der Waals surface area contributed by atoms with Gasteiger partial charge in [0.25, 0.3) is 0 Å². The molecule has 0 saturated heterocycles. The molecule has 1 aliphatic carbocycles. The summed E-state index contributed by atoms with van der Waals surface area (Å²) in [6, 6.07) is 14.9. The summed E-state index contributed by atoms with van der Waals surface area (Å²) in [5, 5.41) is 4.10. The summed E-state index contributed by atoms with van der Waals surface area (Å²) in [5.41, 5.74) is 12.4. The standard InChI is InChI=1S/C31H33F3N4/c1-20-7-10-22(11-8-20)23-12-14-24(15-13-23)26-16-9-21(2)17-27(26)28-5-4-6-29(37(28)3)38-30(31(32,33)34)25(18-35)19-36-38/h4-6,9-10,12-17,19-20,29H,7-8,11,18,35H2,1-3H3. The lowest BCUT2D eigenvalue weighted by Crippen LogP contribution is -2.32. The van der Waals surface area contributed by atoms with Crippen LogP contribution in [0.1, 0.15) is 60.3 Å². The minimum absolute atomic E-state index is 0.0192. The van der Waals surface area contributed by atoms with Crippen molar-refractivity contribution in [1.82, 2.24) is 14.7 Å². The van der Waals surface area contributed by atoms with Crippen molar-refractivity contribution in [1.29, 1.82) is 0 Å². The molecule has 0 radical (unpaired) electrons. The molecule has 5 rings (SSSR count). The first-order chi connectivity index (χ1) is 18.2. The van der Waals surface area contributed by atoms with Crippen molar-refractivity contribution in [2.24, 2.45) is 11.7 Å². The van der Waals surface area contributed by atoms with Gasteiger partial charge in [-0.05, 0) is 72.6 Å². The Morgan fingerprint density at radius 3 is 2.45 bits per heavy atom. The summed E-state index contributed by atoms with van der Waals surface area (Å²) in [5.74, 6) is 0.739. The van der Waals surface area contributed by atoms with E-state index < -0.39 is 18.0 Å². The number of aromatic nitrogens is 2. The van der Waals surface area contributed by atoms with Crippen molar-refractivity contribution >= 4 is 11.3 Å². The normalized spacial score (nSPS) is 19.9. The van der Waals surface area contributed by atoms with Gasteiger partial charge in [0, 0.05) is 30.4 Å². The summed E-state index contributed by atoms with van der Waals surface area (Å²) in [4.78, 5) is 1.84. The Labute approximate surface area is 222 Å². The van der Waals surface area contributed by atoms with Crippen LogP contribution < -0.4 is 5.73 Å². The van der Waals surface area contributed by atoms with Crippen LogP contribution in [0.25, 0.3) is 22.4 Å². The molecule has 2 heterocycles. The maximum absolute atomic E-state index is 14.0. The lowest BCUT2D eigenvalue weighted by atomic mass is 9.87. The summed E-state index contributed by atoms with van der Waals surface area (Å²) in [6.07, 6.45) is 7.15. The number of hydrogen-bond donors (Lipinski definition) is 1. The number of hydrogen-bond acceptors (Lipinski definition) is 3. The smallest absolute Gasteiger partial charge is 0.349 e. The molecule has 2 atom stereocenters. The molecule has 1 aliphatic heterocycles. The van der Waals surface area contributed by atoms with Gasteiger partial charge in [0.05, 0.1) is 6.20 Å². The highest BCUT2D eigenvalue weighted by atomic mass is 19.4. The van der Waals surface area contributed by atoms with E-state index in [1.165, 1.54) is 23.8 Å². The van der Waals surface area contributed by atoms with Gasteiger partial charge in [0.1, 0.15) is 11.9 Å². The SMILES string of the molecule is Cc1ccc(-c2ccc(C3=CCC(C)CC3)cc2)c(C2=CC=CC(n3ncc(CN)c3C(F)(F)F)N2C)c1. The number of likely N-dealkylation sites (N-methyl/N-ethyl adjacent to an activating group) is 1. The van der Waals surface area contributed by atoms with Crippen LogP contribution in [0.15, 0.2) is 73.0 Å². The molecular weight excluding hydrogens is 485 g/mol. The molecule has 0 amide bonds. The molecule has 38 heavy (non-hydrogen) atoms. The van der Waals surface area contributed by atoms with Crippen molar-refractivity contribution in [2.45, 2.75) is 52.0 Å². The number of benzene rings is 2. The zero-order chi connectivity index (χ0) is 27.0. The highest BCUT2D eigenvalue weighted by Gasteiger charge is 2.40. The molecular formula is C31H33F3N4. The van der Waals surface area contributed by atoms with E-state index in [1.807, 2.05) is 17.9 Å². The van der Waals surface area contributed by atoms with Gasteiger partial charge in [-0.15, -0.1) is 0 Å². The third kappa shape index (κ3) is 4.95. The van der Waals surface area contributed by atoms with Gasteiger partial charge in [-0.3, -0.25) is 0 Å². The Morgan fingerprint density at radius 2 is 1.79 bits per heavy atom. The molecule has 2 aliphatic rings. The van der Waals surface area contributed by atoms with Gasteiger partial charge < -0.3 is 10.6 Å². The maximum Gasteiger partial charge on any atom is 0.433 e. The van der Waals surface area contributed by atoms with Crippen LogP contribution in [0.4, 0.5) is 13.2 Å². The number of alkyl halides is 3. The van der Waals surface area contributed by atoms with Gasteiger partial charge in [-0.1, -0.05) is 61.0 Å². The summed E-state index contributed by atoms with van der Waals surface area (Å²) >= 11 is 0. The first kappa shape index (κ1) is 26.0. The third-order valence-corrected chi connectivity index (χ3v) is 7.62. The Morgan fingerprint density at radius 1 is 1.05 bits per heavy atom. The van der Waals surface area contributed by atoms with E-state index in [1.54, 1.807) is 19.2 Å². The minimum Gasteiger partial charge on any atom is -0.349 e. The third-order valence-electron chi connectivity index (χ3n) is 7.62. The second-order valence-corrected chi connectivity index (χ2v) is 10.4. The van der Waals surface area contributed by atoms with Crippen LogP contribution in [-0.2, 0) is 12.7 Å². The van der Waals surface area contributed by atoms with Gasteiger partial charge in [-0.2, -0.15) is 18.3 Å². The topological polar surface area (TPSA) is 47.1 Å². The lowest BCUT2D eigenvalue weighted by molar-refractivity contribution is -0.146. The van der Waals surface area contributed by atoms with E-state index in [9.17, 15) is 13.2 Å². The summed E-state index contributed by atoms with van der Waals surface area (Å²) < 4.78 is 43.0. The average molecular weight is 519 g/mol. The van der Waals surface area contributed by atoms with Crippen LogP contribution in [0, 0.1) is 12.8 Å². The van der Waals surface area contributed by atoms with Crippen LogP contribution in [0.2, 0.25) is 0 Å². The van der Waals surface area contributed by atoms with E-state index in [0.29, 0.717) is 0 Å². The molecule has 0 saturated carbocycles. The number of allylic oxidation sites excluding steroid dienone is 4. The number of halogens is 3. The highest BCUT2D eigenvalue weighted by Crippen LogP contribution is 2.40. The Kier molecular flexibility index (Phi) is 7.05. The van der Waals surface area contributed by atoms with E-state index >= 15 is 0 Å². The van der Waals surface area contributed by atoms with Crippen molar-refractivity contribution in [3.05, 3.63) is 101 Å². The summed E-state index contributed by atoms with van der Waals surface area (Å²) in [6.45, 7) is 4.08. The van der Waals surface area contributed by atoms with Crippen molar-refractivity contribution in [3.63, 3.8) is 0 Å². The Hall–Kier alpha value is -3.58. The highest BCUT2D eigenvalue weighted by molar-refractivity contribution is 5.83. The fraction of sp³-hybridized carbons (Fsp3) is 0.323. The van der Waals surface area contributed by atoms with Crippen molar-refractivity contribution in [3.8, 4) is 11.1 Å². The first-order valence-electron chi connectivity index (χ1n) is 13.0. The van der Waals surface area contributed by atoms with E-state index in [-0.39, 0.29) is 12.1 Å². The predicted molar refractivity (Wildman–Crippen MR) is 147 cm³/mol. The second-order valence-electron chi connectivity index (χ2n) is 10.4. The molecule has 4 nitrogen and oxygen atoms in total. The predicted octanol–water partition coefficient (Wildman–Crippen LogP) is 7.58. The fourth-order valence-corrected chi connectivity index (χ4v) is 5.43. The average Bonchev–Trinajstić information content (AvgIpc) is 3.34. The van der Waals surface area contributed by atoms with E-state index in [0.717, 1.165) is 51.4 Å². The van der Waals surface area contributed by atoms with Crippen LogP contribution >= 0.6 is 0 Å². The molecule has 7 heteroatoms. The number of aryl methyl sites for hydroxylation is 1. The second kappa shape index (κ2) is 10.3. The Balaban J connectivity index is 1.50. The van der Waals surface area contributed by atoms with Crippen molar-refractivity contribution in [2.75, 3.05) is 7.05 Å². The molecule has 3 aromatic rings. The zero-order valence-corrected chi connectivity index (χ0v) is 22.0. The Bertz CT molecular complexity index is 1410. The molecule has 198 valence electrons. The van der Waals surface area contributed by atoms with E-state index in [2.05, 4.69) is 60.6 Å². The molecule has 0 fully saturated rings. The lowest BCUT2D eigenvalue weighted by Gasteiger charge is -2.34. The zero-order valence-electron chi connectivity index (χ0n) is 22.0. The molecule has 2 unspecified atom stereocenters. The van der Waals surface area contributed by atoms with Gasteiger partial charge in [0.15, 0.2) is 0 Å². The maximum atomic E-state index is 14.0. The van der Waals surface area contributed by atoms with Crippen molar-refractivity contribution < 1.29 is 13.2 Å². The van der Waals surface area contributed by atoms with Gasteiger partial charge in [0.2, 0.25) is 0 Å². The molecule has 0 bridgehead atoms. The van der Waals surface area contributed by atoms with Crippen LogP contribution in [0.3, 0.4) is 0 Å². The minimum atomic E-state index is -4.57. The first-order valence-corrected chi connectivity index (χ1v) is 13.0. The molecule has 1 aromatic heterocycles. The fourth-order valence-electron chi connectivity index (χ4n) is 5.43. The number of nitrogens with zero attached hydrogens (tertiary/aromatic N) is 3. The van der Waals surface area contributed by atoms with Crippen LogP contribution in [-0.4, -0.2) is 21.7 Å². The quantitative estimate of drug-likeness (QED) is 0.379. The number of nitrogens with two attached hydrogens (primary N) is 1. The monoisotopic (exact) mass is 518 g/mol. The van der Waals surface area contributed by atoms with Crippen LogP contribution in [0.5, 0.6) is 0 Å². The number of rotatable bonds is 5. The summed E-state index contributed by atoms with van der Waals surface area (Å²) in [7, 11) is 1.80.